The first-order valence-corrected chi connectivity index (χ1v) is 9.22. The van der Waals surface area contributed by atoms with Gasteiger partial charge >= 0.3 is 0 Å². The molecule has 0 spiro atoms. The van der Waals surface area contributed by atoms with Gasteiger partial charge in [0.1, 0.15) is 5.75 Å². The van der Waals surface area contributed by atoms with Crippen LogP contribution in [0.25, 0.3) is 17.1 Å². The van der Waals surface area contributed by atoms with E-state index in [-0.39, 0.29) is 12.3 Å². The number of primary amides is 1. The molecule has 0 radical (unpaired) electrons. The number of aromatic nitrogens is 3. The van der Waals surface area contributed by atoms with Crippen LogP contribution in [0.15, 0.2) is 53.7 Å². The van der Waals surface area contributed by atoms with Crippen molar-refractivity contribution in [2.45, 2.75) is 11.6 Å². The SMILES string of the molecule is COc1ccccc1-c1nnc(SCCC(N)=O)n1-c1ccc(Cl)cc1. The summed E-state index contributed by atoms with van der Waals surface area (Å²) in [5.74, 6) is 1.52. The second-order valence-electron chi connectivity index (χ2n) is 5.38. The molecule has 0 saturated carbocycles. The van der Waals surface area contributed by atoms with Crippen LogP contribution in [0.4, 0.5) is 0 Å². The molecule has 0 saturated heterocycles. The highest BCUT2D eigenvalue weighted by atomic mass is 35.5. The summed E-state index contributed by atoms with van der Waals surface area (Å²) >= 11 is 7.44. The van der Waals surface area contributed by atoms with Crippen molar-refractivity contribution < 1.29 is 9.53 Å². The molecule has 8 heteroatoms. The van der Waals surface area contributed by atoms with E-state index in [1.54, 1.807) is 19.2 Å². The van der Waals surface area contributed by atoms with Crippen molar-refractivity contribution in [3.05, 3.63) is 53.6 Å². The third-order valence-corrected chi connectivity index (χ3v) is 4.83. The monoisotopic (exact) mass is 388 g/mol. The Bertz CT molecular complexity index is 912. The Morgan fingerprint density at radius 1 is 1.19 bits per heavy atom. The number of nitrogens with two attached hydrogens (primary N) is 1. The molecule has 6 nitrogen and oxygen atoms in total. The Balaban J connectivity index is 2.08. The molecule has 0 atom stereocenters. The molecule has 3 rings (SSSR count). The number of para-hydroxylation sites is 1. The molecular formula is C18H17ClN4O2S. The normalized spacial score (nSPS) is 10.7. The Hall–Kier alpha value is -2.51. The number of hydrogen-bond acceptors (Lipinski definition) is 5. The van der Waals surface area contributed by atoms with Crippen LogP contribution in [0.5, 0.6) is 5.75 Å². The van der Waals surface area contributed by atoms with Crippen molar-refractivity contribution in [2.75, 3.05) is 12.9 Å². The topological polar surface area (TPSA) is 83.0 Å². The molecule has 26 heavy (non-hydrogen) atoms. The lowest BCUT2D eigenvalue weighted by molar-refractivity contribution is -0.117. The van der Waals surface area contributed by atoms with Crippen molar-refractivity contribution in [1.29, 1.82) is 0 Å². The number of methoxy groups -OCH3 is 1. The van der Waals surface area contributed by atoms with Gasteiger partial charge in [0.2, 0.25) is 5.91 Å². The molecular weight excluding hydrogens is 372 g/mol. The van der Waals surface area contributed by atoms with E-state index in [1.807, 2.05) is 41.0 Å². The number of halogens is 1. The van der Waals surface area contributed by atoms with Crippen LogP contribution >= 0.6 is 23.4 Å². The van der Waals surface area contributed by atoms with Gasteiger partial charge in [-0.2, -0.15) is 0 Å². The third-order valence-electron chi connectivity index (χ3n) is 3.65. The molecule has 0 bridgehead atoms. The summed E-state index contributed by atoms with van der Waals surface area (Å²) < 4.78 is 7.38. The second kappa shape index (κ2) is 8.25. The van der Waals surface area contributed by atoms with Gasteiger partial charge in [-0.25, -0.2) is 0 Å². The number of rotatable bonds is 7. The van der Waals surface area contributed by atoms with Gasteiger partial charge in [-0.3, -0.25) is 9.36 Å². The van der Waals surface area contributed by atoms with Crippen molar-refractivity contribution in [3.8, 4) is 22.8 Å². The maximum atomic E-state index is 11.0. The molecule has 0 aliphatic carbocycles. The van der Waals surface area contributed by atoms with Crippen LogP contribution in [0.3, 0.4) is 0 Å². The Labute approximate surface area is 160 Å². The molecule has 1 aromatic heterocycles. The van der Waals surface area contributed by atoms with Gasteiger partial charge in [0.15, 0.2) is 11.0 Å². The number of benzene rings is 2. The Kier molecular flexibility index (Phi) is 5.80. The maximum absolute atomic E-state index is 11.0. The van der Waals surface area contributed by atoms with Crippen molar-refractivity contribution in [1.82, 2.24) is 14.8 Å². The Morgan fingerprint density at radius 3 is 2.62 bits per heavy atom. The predicted molar refractivity (Wildman–Crippen MR) is 103 cm³/mol. The zero-order valence-electron chi connectivity index (χ0n) is 14.1. The van der Waals surface area contributed by atoms with Crippen LogP contribution in [-0.4, -0.2) is 33.5 Å². The third kappa shape index (κ3) is 4.00. The molecule has 134 valence electrons. The van der Waals surface area contributed by atoms with Crippen LogP contribution in [0, 0.1) is 0 Å². The lowest BCUT2D eigenvalue weighted by Crippen LogP contribution is -2.11. The van der Waals surface area contributed by atoms with Gasteiger partial charge in [-0.15, -0.1) is 10.2 Å². The van der Waals surface area contributed by atoms with E-state index >= 15 is 0 Å². The molecule has 2 aromatic carbocycles. The zero-order valence-corrected chi connectivity index (χ0v) is 15.6. The fourth-order valence-corrected chi connectivity index (χ4v) is 3.46. The summed E-state index contributed by atoms with van der Waals surface area (Å²) in [6.45, 7) is 0. The van der Waals surface area contributed by atoms with Gasteiger partial charge in [-0.1, -0.05) is 35.5 Å². The van der Waals surface area contributed by atoms with E-state index in [9.17, 15) is 4.79 Å². The first kappa shape index (κ1) is 18.3. The number of nitrogens with zero attached hydrogens (tertiary/aromatic N) is 3. The highest BCUT2D eigenvalue weighted by molar-refractivity contribution is 7.99. The average molecular weight is 389 g/mol. The van der Waals surface area contributed by atoms with Crippen LogP contribution in [0.1, 0.15) is 6.42 Å². The highest BCUT2D eigenvalue weighted by Crippen LogP contribution is 2.33. The van der Waals surface area contributed by atoms with Crippen LogP contribution < -0.4 is 10.5 Å². The summed E-state index contributed by atoms with van der Waals surface area (Å²) in [5, 5.41) is 9.96. The van der Waals surface area contributed by atoms with Gasteiger partial charge in [-0.05, 0) is 36.4 Å². The van der Waals surface area contributed by atoms with E-state index in [0.29, 0.717) is 27.5 Å². The predicted octanol–water partition coefficient (Wildman–Crippen LogP) is 3.56. The molecule has 0 unspecified atom stereocenters. The lowest BCUT2D eigenvalue weighted by Gasteiger charge is -2.12. The summed E-state index contributed by atoms with van der Waals surface area (Å²) in [4.78, 5) is 11.0. The Morgan fingerprint density at radius 2 is 1.92 bits per heavy atom. The molecule has 3 aromatic rings. The summed E-state index contributed by atoms with van der Waals surface area (Å²) in [6.07, 6.45) is 0.266. The number of carbonyl (C=O) groups excluding carboxylic acids is 1. The molecule has 0 aliphatic heterocycles. The molecule has 0 aliphatic rings. The van der Waals surface area contributed by atoms with E-state index in [0.717, 1.165) is 11.3 Å². The maximum Gasteiger partial charge on any atom is 0.218 e. The first-order chi connectivity index (χ1) is 12.6. The summed E-state index contributed by atoms with van der Waals surface area (Å²) in [6, 6.07) is 15.0. The summed E-state index contributed by atoms with van der Waals surface area (Å²) in [5.41, 5.74) is 6.91. The van der Waals surface area contributed by atoms with Crippen molar-refractivity contribution in [2.24, 2.45) is 5.73 Å². The van der Waals surface area contributed by atoms with Crippen LogP contribution in [0.2, 0.25) is 5.02 Å². The minimum Gasteiger partial charge on any atom is -0.496 e. The van der Waals surface area contributed by atoms with E-state index in [1.165, 1.54) is 11.8 Å². The quantitative estimate of drug-likeness (QED) is 0.625. The zero-order chi connectivity index (χ0) is 18.5. The fraction of sp³-hybridized carbons (Fsp3) is 0.167. The van der Waals surface area contributed by atoms with Gasteiger partial charge in [0.25, 0.3) is 0 Å². The number of hydrogen-bond donors (Lipinski definition) is 1. The molecule has 1 heterocycles. The van der Waals surface area contributed by atoms with Gasteiger partial charge in [0.05, 0.1) is 12.7 Å². The standard InChI is InChI=1S/C18H17ClN4O2S/c1-25-15-5-3-2-4-14(15)17-21-22-18(26-11-10-16(20)24)23(17)13-8-6-12(19)7-9-13/h2-9H,10-11H2,1H3,(H2,20,24). The lowest BCUT2D eigenvalue weighted by atomic mass is 10.2. The average Bonchev–Trinajstić information content (AvgIpc) is 3.05. The largest absolute Gasteiger partial charge is 0.496 e. The summed E-state index contributed by atoms with van der Waals surface area (Å²) in [7, 11) is 1.62. The minimum absolute atomic E-state index is 0.266. The number of carbonyl (C=O) groups is 1. The number of thioether (sulfide) groups is 1. The van der Waals surface area contributed by atoms with E-state index in [2.05, 4.69) is 10.2 Å². The second-order valence-corrected chi connectivity index (χ2v) is 6.88. The highest BCUT2D eigenvalue weighted by Gasteiger charge is 2.19. The first-order valence-electron chi connectivity index (χ1n) is 7.86. The molecule has 1 amide bonds. The van der Waals surface area contributed by atoms with Crippen molar-refractivity contribution in [3.63, 3.8) is 0 Å². The van der Waals surface area contributed by atoms with Gasteiger partial charge in [0, 0.05) is 22.9 Å². The van der Waals surface area contributed by atoms with Crippen molar-refractivity contribution >= 4 is 29.3 Å². The minimum atomic E-state index is -0.347. The van der Waals surface area contributed by atoms with E-state index in [4.69, 9.17) is 22.1 Å². The number of ether oxygens (including phenoxy) is 1. The fourth-order valence-electron chi connectivity index (χ4n) is 2.43. The smallest absolute Gasteiger partial charge is 0.218 e. The van der Waals surface area contributed by atoms with E-state index < -0.39 is 0 Å². The van der Waals surface area contributed by atoms with Gasteiger partial charge < -0.3 is 10.5 Å². The number of amides is 1. The molecule has 2 N–H and O–H groups in total. The molecule has 0 fully saturated rings. The van der Waals surface area contributed by atoms with Crippen LogP contribution in [-0.2, 0) is 4.79 Å².